The second-order valence-electron chi connectivity index (χ2n) is 3.55. The van der Waals surface area contributed by atoms with Gasteiger partial charge in [-0.3, -0.25) is 0 Å². The first kappa shape index (κ1) is 11.8. The van der Waals surface area contributed by atoms with E-state index in [0.29, 0.717) is 17.1 Å². The van der Waals surface area contributed by atoms with E-state index >= 15 is 0 Å². The summed E-state index contributed by atoms with van der Waals surface area (Å²) in [6, 6.07) is 7.58. The van der Waals surface area contributed by atoms with E-state index in [4.69, 9.17) is 11.0 Å². The van der Waals surface area contributed by atoms with Crippen molar-refractivity contribution in [3.63, 3.8) is 0 Å². The highest BCUT2D eigenvalue weighted by Gasteiger charge is 2.10. The summed E-state index contributed by atoms with van der Waals surface area (Å²) in [7, 11) is 1.67. The Morgan fingerprint density at radius 1 is 1.33 bits per heavy atom. The lowest BCUT2D eigenvalue weighted by molar-refractivity contribution is 0.630. The van der Waals surface area contributed by atoms with E-state index in [1.54, 1.807) is 13.1 Å². The van der Waals surface area contributed by atoms with Crippen LogP contribution in [0.2, 0.25) is 0 Å². The first-order valence-corrected chi connectivity index (χ1v) is 5.16. The molecule has 6 heteroatoms. The number of nitrogens with zero attached hydrogens (tertiary/aromatic N) is 3. The van der Waals surface area contributed by atoms with Crippen molar-refractivity contribution in [2.24, 2.45) is 0 Å². The Labute approximate surface area is 103 Å². The van der Waals surface area contributed by atoms with Crippen LogP contribution in [-0.4, -0.2) is 17.0 Å². The SMILES string of the molecule is CNc1cc(-c2cc(C#N)ccc2F)nc(N)n1. The molecule has 1 aromatic carbocycles. The monoisotopic (exact) mass is 243 g/mol. The molecule has 0 unspecified atom stereocenters. The highest BCUT2D eigenvalue weighted by atomic mass is 19.1. The van der Waals surface area contributed by atoms with Gasteiger partial charge in [0.25, 0.3) is 0 Å². The van der Waals surface area contributed by atoms with Crippen molar-refractivity contribution in [1.82, 2.24) is 9.97 Å². The third-order valence-corrected chi connectivity index (χ3v) is 2.37. The molecule has 2 rings (SSSR count). The maximum absolute atomic E-state index is 13.7. The van der Waals surface area contributed by atoms with Crippen LogP contribution in [0.25, 0.3) is 11.3 Å². The Hall–Kier alpha value is -2.68. The molecule has 1 heterocycles. The van der Waals surface area contributed by atoms with Crippen LogP contribution in [0, 0.1) is 17.1 Å². The minimum absolute atomic E-state index is 0.0404. The number of nitrogens with two attached hydrogens (primary N) is 1. The molecule has 1 aromatic heterocycles. The fourth-order valence-electron chi connectivity index (χ4n) is 1.52. The van der Waals surface area contributed by atoms with Crippen LogP contribution in [0.1, 0.15) is 5.56 Å². The third-order valence-electron chi connectivity index (χ3n) is 2.37. The molecular weight excluding hydrogens is 233 g/mol. The largest absolute Gasteiger partial charge is 0.373 e. The summed E-state index contributed by atoms with van der Waals surface area (Å²) in [5.74, 6) is 0.0621. The minimum Gasteiger partial charge on any atom is -0.373 e. The summed E-state index contributed by atoms with van der Waals surface area (Å²) < 4.78 is 13.7. The van der Waals surface area contributed by atoms with Gasteiger partial charge in [-0.05, 0) is 18.2 Å². The van der Waals surface area contributed by atoms with E-state index in [1.165, 1.54) is 18.2 Å². The average Bonchev–Trinajstić information content (AvgIpc) is 2.38. The number of benzene rings is 1. The number of hydrogen-bond donors (Lipinski definition) is 2. The smallest absolute Gasteiger partial charge is 0.222 e. The van der Waals surface area contributed by atoms with Gasteiger partial charge in [0, 0.05) is 18.7 Å². The fraction of sp³-hybridized carbons (Fsp3) is 0.0833. The molecule has 0 saturated carbocycles. The molecule has 0 spiro atoms. The van der Waals surface area contributed by atoms with Crippen molar-refractivity contribution in [2.45, 2.75) is 0 Å². The Morgan fingerprint density at radius 2 is 2.11 bits per heavy atom. The number of anilines is 2. The van der Waals surface area contributed by atoms with Crippen molar-refractivity contribution in [2.75, 3.05) is 18.1 Å². The Balaban J connectivity index is 2.61. The van der Waals surface area contributed by atoms with E-state index in [2.05, 4.69) is 15.3 Å². The van der Waals surface area contributed by atoms with Gasteiger partial charge in [0.05, 0.1) is 17.3 Å². The molecular formula is C12H10FN5. The van der Waals surface area contributed by atoms with Gasteiger partial charge in [0.15, 0.2) is 0 Å². The summed E-state index contributed by atoms with van der Waals surface area (Å²) in [5, 5.41) is 11.6. The first-order chi connectivity index (χ1) is 8.63. The number of nitrogen functional groups attached to an aromatic ring is 1. The Bertz CT molecular complexity index is 633. The second-order valence-corrected chi connectivity index (χ2v) is 3.55. The Morgan fingerprint density at radius 3 is 2.78 bits per heavy atom. The topological polar surface area (TPSA) is 87.6 Å². The van der Waals surface area contributed by atoms with Gasteiger partial charge < -0.3 is 11.1 Å². The molecule has 0 atom stereocenters. The van der Waals surface area contributed by atoms with Crippen LogP contribution in [0.5, 0.6) is 0 Å². The summed E-state index contributed by atoms with van der Waals surface area (Å²) in [5.41, 5.74) is 6.46. The number of aromatic nitrogens is 2. The highest BCUT2D eigenvalue weighted by Crippen LogP contribution is 2.24. The maximum atomic E-state index is 13.7. The van der Waals surface area contributed by atoms with Crippen LogP contribution < -0.4 is 11.1 Å². The van der Waals surface area contributed by atoms with E-state index < -0.39 is 5.82 Å². The van der Waals surface area contributed by atoms with Gasteiger partial charge in [-0.1, -0.05) is 0 Å². The summed E-state index contributed by atoms with van der Waals surface area (Å²) in [6.07, 6.45) is 0. The van der Waals surface area contributed by atoms with Crippen molar-refractivity contribution in [3.05, 3.63) is 35.6 Å². The molecule has 0 aliphatic heterocycles. The van der Waals surface area contributed by atoms with E-state index in [9.17, 15) is 4.39 Å². The molecule has 2 aromatic rings. The number of halogens is 1. The normalized spacial score (nSPS) is 9.83. The third kappa shape index (κ3) is 2.20. The molecule has 90 valence electrons. The van der Waals surface area contributed by atoms with Crippen LogP contribution in [0.3, 0.4) is 0 Å². The zero-order chi connectivity index (χ0) is 13.1. The van der Waals surface area contributed by atoms with Gasteiger partial charge in [0.2, 0.25) is 5.95 Å². The molecule has 5 nitrogen and oxygen atoms in total. The average molecular weight is 243 g/mol. The van der Waals surface area contributed by atoms with Gasteiger partial charge in [-0.15, -0.1) is 0 Å². The molecule has 0 saturated heterocycles. The van der Waals surface area contributed by atoms with Crippen molar-refractivity contribution in [1.29, 1.82) is 5.26 Å². The molecule has 0 radical (unpaired) electrons. The highest BCUT2D eigenvalue weighted by molar-refractivity contribution is 5.66. The number of nitriles is 1. The lowest BCUT2D eigenvalue weighted by atomic mass is 10.1. The van der Waals surface area contributed by atoms with Crippen LogP contribution in [-0.2, 0) is 0 Å². The van der Waals surface area contributed by atoms with Gasteiger partial charge >= 0.3 is 0 Å². The van der Waals surface area contributed by atoms with Gasteiger partial charge in [-0.25, -0.2) is 9.37 Å². The van der Waals surface area contributed by atoms with Gasteiger partial charge in [0.1, 0.15) is 11.6 Å². The summed E-state index contributed by atoms with van der Waals surface area (Å²) in [4.78, 5) is 7.88. The summed E-state index contributed by atoms with van der Waals surface area (Å²) >= 11 is 0. The van der Waals surface area contributed by atoms with Crippen molar-refractivity contribution in [3.8, 4) is 17.3 Å². The van der Waals surface area contributed by atoms with Gasteiger partial charge in [-0.2, -0.15) is 10.2 Å². The predicted molar refractivity (Wildman–Crippen MR) is 66.1 cm³/mol. The minimum atomic E-state index is -0.464. The summed E-state index contributed by atoms with van der Waals surface area (Å²) in [6.45, 7) is 0. The van der Waals surface area contributed by atoms with Crippen LogP contribution in [0.15, 0.2) is 24.3 Å². The van der Waals surface area contributed by atoms with Crippen molar-refractivity contribution >= 4 is 11.8 Å². The number of nitrogens with one attached hydrogen (secondary N) is 1. The molecule has 0 bridgehead atoms. The van der Waals surface area contributed by atoms with Crippen LogP contribution in [0.4, 0.5) is 16.2 Å². The van der Waals surface area contributed by atoms with E-state index in [-0.39, 0.29) is 11.5 Å². The fourth-order valence-corrected chi connectivity index (χ4v) is 1.52. The molecule has 0 amide bonds. The number of hydrogen-bond acceptors (Lipinski definition) is 5. The maximum Gasteiger partial charge on any atom is 0.222 e. The van der Waals surface area contributed by atoms with Crippen LogP contribution >= 0.6 is 0 Å². The zero-order valence-electron chi connectivity index (χ0n) is 9.61. The number of rotatable bonds is 2. The zero-order valence-corrected chi connectivity index (χ0v) is 9.61. The lowest BCUT2D eigenvalue weighted by Gasteiger charge is -2.06. The second kappa shape index (κ2) is 4.67. The lowest BCUT2D eigenvalue weighted by Crippen LogP contribution is -2.02. The standard InChI is InChI=1S/C12H10FN5/c1-16-11-5-10(17-12(15)18-11)8-4-7(6-14)2-3-9(8)13/h2-5H,1H3,(H3,15,16,17,18). The van der Waals surface area contributed by atoms with E-state index in [0.717, 1.165) is 0 Å². The quantitative estimate of drug-likeness (QED) is 0.839. The molecule has 3 N–H and O–H groups in total. The van der Waals surface area contributed by atoms with E-state index in [1.807, 2.05) is 6.07 Å². The van der Waals surface area contributed by atoms with Crippen molar-refractivity contribution < 1.29 is 4.39 Å². The predicted octanol–water partition coefficient (Wildman–Crippen LogP) is 1.78. The Kier molecular flexibility index (Phi) is 3.06. The first-order valence-electron chi connectivity index (χ1n) is 5.16. The molecule has 0 aliphatic rings. The molecule has 0 fully saturated rings. The molecule has 18 heavy (non-hydrogen) atoms. The molecule has 0 aliphatic carbocycles.